The molecule has 4 heteroatoms. The minimum Gasteiger partial charge on any atom is -0.384 e. The second kappa shape index (κ2) is 6.36. The zero-order valence-corrected chi connectivity index (χ0v) is 11.0. The second-order valence-corrected chi connectivity index (χ2v) is 5.17. The van der Waals surface area contributed by atoms with Crippen LogP contribution in [0.3, 0.4) is 0 Å². The minimum atomic E-state index is -0.0205. The lowest BCUT2D eigenvalue weighted by Crippen LogP contribution is -2.25. The molecule has 3 nitrogen and oxygen atoms in total. The molecule has 1 aromatic carbocycles. The summed E-state index contributed by atoms with van der Waals surface area (Å²) in [7, 11) is 0. The van der Waals surface area contributed by atoms with Crippen LogP contribution in [0, 0.1) is 12.3 Å². The van der Waals surface area contributed by atoms with Crippen LogP contribution in [0.25, 0.3) is 0 Å². The molecule has 2 N–H and O–H groups in total. The molecule has 0 spiro atoms. The van der Waals surface area contributed by atoms with E-state index >= 15 is 0 Å². The van der Waals surface area contributed by atoms with Crippen LogP contribution in [0.15, 0.2) is 18.2 Å². The zero-order valence-electron chi connectivity index (χ0n) is 10.2. The van der Waals surface area contributed by atoms with Crippen molar-refractivity contribution in [1.82, 2.24) is 5.32 Å². The number of anilines is 1. The standard InChI is InChI=1S/C14H16N2OS/c1-2-8-18-9-7-16-14(17)12-4-3-11-5-6-15-13(11)10-12/h1,3-4,10,15H,5-9H2,(H,16,17). The molecule has 1 aliphatic heterocycles. The van der Waals surface area contributed by atoms with Crippen LogP contribution < -0.4 is 10.6 Å². The number of hydrogen-bond acceptors (Lipinski definition) is 3. The molecule has 1 amide bonds. The Bertz CT molecular complexity index is 479. The van der Waals surface area contributed by atoms with Gasteiger partial charge in [0.25, 0.3) is 5.91 Å². The van der Waals surface area contributed by atoms with Crippen LogP contribution in [0.5, 0.6) is 0 Å². The molecule has 0 saturated carbocycles. The molecule has 1 heterocycles. The third-order valence-electron chi connectivity index (χ3n) is 2.80. The van der Waals surface area contributed by atoms with Crippen molar-refractivity contribution in [2.75, 3.05) is 29.9 Å². The number of carbonyl (C=O) groups excluding carboxylic acids is 1. The van der Waals surface area contributed by atoms with E-state index in [1.807, 2.05) is 18.2 Å². The smallest absolute Gasteiger partial charge is 0.251 e. The van der Waals surface area contributed by atoms with Gasteiger partial charge in [-0.15, -0.1) is 18.2 Å². The molecule has 0 aliphatic carbocycles. The molecular weight excluding hydrogens is 244 g/mol. The molecule has 0 bridgehead atoms. The van der Waals surface area contributed by atoms with Crippen LogP contribution in [0.2, 0.25) is 0 Å². The Kier molecular flexibility index (Phi) is 4.54. The molecule has 0 fully saturated rings. The molecule has 1 aromatic rings. The Hall–Kier alpha value is -1.60. The van der Waals surface area contributed by atoms with E-state index in [1.165, 1.54) is 5.56 Å². The molecule has 2 rings (SSSR count). The number of hydrogen-bond donors (Lipinski definition) is 2. The van der Waals surface area contributed by atoms with Gasteiger partial charge < -0.3 is 10.6 Å². The highest BCUT2D eigenvalue weighted by atomic mass is 32.2. The highest BCUT2D eigenvalue weighted by molar-refractivity contribution is 7.99. The van der Waals surface area contributed by atoms with Crippen molar-refractivity contribution >= 4 is 23.4 Å². The van der Waals surface area contributed by atoms with E-state index in [2.05, 4.69) is 16.6 Å². The number of nitrogens with one attached hydrogen (secondary N) is 2. The first-order valence-electron chi connectivity index (χ1n) is 5.97. The van der Waals surface area contributed by atoms with Gasteiger partial charge in [-0.2, -0.15) is 0 Å². The third kappa shape index (κ3) is 3.21. The van der Waals surface area contributed by atoms with E-state index in [4.69, 9.17) is 6.42 Å². The highest BCUT2D eigenvalue weighted by Crippen LogP contribution is 2.23. The number of rotatable bonds is 5. The Morgan fingerprint density at radius 2 is 2.44 bits per heavy atom. The average molecular weight is 260 g/mol. The molecular formula is C14H16N2OS. The predicted molar refractivity (Wildman–Crippen MR) is 77.1 cm³/mol. The Labute approximate surface area is 112 Å². The van der Waals surface area contributed by atoms with Gasteiger partial charge in [-0.1, -0.05) is 12.0 Å². The average Bonchev–Trinajstić information content (AvgIpc) is 2.85. The summed E-state index contributed by atoms with van der Waals surface area (Å²) in [5.41, 5.74) is 3.09. The monoisotopic (exact) mass is 260 g/mol. The van der Waals surface area contributed by atoms with E-state index in [-0.39, 0.29) is 5.91 Å². The van der Waals surface area contributed by atoms with Crippen LogP contribution >= 0.6 is 11.8 Å². The van der Waals surface area contributed by atoms with Crippen molar-refractivity contribution in [3.8, 4) is 12.3 Å². The van der Waals surface area contributed by atoms with Crippen molar-refractivity contribution in [2.24, 2.45) is 0 Å². The highest BCUT2D eigenvalue weighted by Gasteiger charge is 2.12. The molecule has 0 unspecified atom stereocenters. The topological polar surface area (TPSA) is 41.1 Å². The maximum Gasteiger partial charge on any atom is 0.251 e. The summed E-state index contributed by atoms with van der Waals surface area (Å²) in [4.78, 5) is 11.9. The predicted octanol–water partition coefficient (Wildman–Crippen LogP) is 1.75. The van der Waals surface area contributed by atoms with Gasteiger partial charge in [0, 0.05) is 30.1 Å². The van der Waals surface area contributed by atoms with E-state index in [0.717, 1.165) is 24.4 Å². The summed E-state index contributed by atoms with van der Waals surface area (Å²) >= 11 is 1.65. The van der Waals surface area contributed by atoms with E-state index < -0.39 is 0 Å². The van der Waals surface area contributed by atoms with Gasteiger partial charge in [0.05, 0.1) is 5.75 Å². The molecule has 0 saturated heterocycles. The lowest BCUT2D eigenvalue weighted by Gasteiger charge is -2.06. The second-order valence-electron chi connectivity index (χ2n) is 4.06. The number of terminal acetylenes is 1. The summed E-state index contributed by atoms with van der Waals surface area (Å²) in [6.07, 6.45) is 6.19. The summed E-state index contributed by atoms with van der Waals surface area (Å²) < 4.78 is 0. The number of thioether (sulfide) groups is 1. The van der Waals surface area contributed by atoms with Crippen LogP contribution in [0.4, 0.5) is 5.69 Å². The third-order valence-corrected chi connectivity index (χ3v) is 3.66. The maximum atomic E-state index is 11.9. The van der Waals surface area contributed by atoms with Crippen molar-refractivity contribution in [3.05, 3.63) is 29.3 Å². The van der Waals surface area contributed by atoms with Gasteiger partial charge in [-0.3, -0.25) is 4.79 Å². The van der Waals surface area contributed by atoms with E-state index in [1.54, 1.807) is 11.8 Å². The quantitative estimate of drug-likeness (QED) is 0.626. The van der Waals surface area contributed by atoms with Gasteiger partial charge in [-0.05, 0) is 24.1 Å². The summed E-state index contributed by atoms with van der Waals surface area (Å²) in [6.45, 7) is 1.61. The maximum absolute atomic E-state index is 11.9. The normalized spacial score (nSPS) is 12.4. The van der Waals surface area contributed by atoms with Gasteiger partial charge in [0.1, 0.15) is 0 Å². The van der Waals surface area contributed by atoms with Gasteiger partial charge in [0.15, 0.2) is 0 Å². The molecule has 0 radical (unpaired) electrons. The van der Waals surface area contributed by atoms with Crippen molar-refractivity contribution in [3.63, 3.8) is 0 Å². The van der Waals surface area contributed by atoms with E-state index in [9.17, 15) is 4.79 Å². The molecule has 94 valence electrons. The first kappa shape index (κ1) is 12.8. The van der Waals surface area contributed by atoms with Crippen LogP contribution in [0.1, 0.15) is 15.9 Å². The Morgan fingerprint density at radius 3 is 3.28 bits per heavy atom. The van der Waals surface area contributed by atoms with Crippen LogP contribution in [-0.2, 0) is 6.42 Å². The minimum absolute atomic E-state index is 0.0205. The number of amides is 1. The van der Waals surface area contributed by atoms with Crippen LogP contribution in [-0.4, -0.2) is 30.5 Å². The van der Waals surface area contributed by atoms with Crippen molar-refractivity contribution in [2.45, 2.75) is 6.42 Å². The zero-order chi connectivity index (χ0) is 12.8. The summed E-state index contributed by atoms with van der Waals surface area (Å²) in [6, 6.07) is 5.83. The fourth-order valence-corrected chi connectivity index (χ4v) is 2.41. The number of benzene rings is 1. The Morgan fingerprint density at radius 1 is 1.56 bits per heavy atom. The fraction of sp³-hybridized carbons (Fsp3) is 0.357. The summed E-state index contributed by atoms with van der Waals surface area (Å²) in [5.74, 6) is 4.08. The molecule has 18 heavy (non-hydrogen) atoms. The van der Waals surface area contributed by atoms with Gasteiger partial charge in [0.2, 0.25) is 0 Å². The molecule has 0 atom stereocenters. The van der Waals surface area contributed by atoms with E-state index in [0.29, 0.717) is 17.9 Å². The molecule has 1 aliphatic rings. The first-order valence-corrected chi connectivity index (χ1v) is 7.13. The van der Waals surface area contributed by atoms with Gasteiger partial charge >= 0.3 is 0 Å². The van der Waals surface area contributed by atoms with Gasteiger partial charge in [-0.25, -0.2) is 0 Å². The number of carbonyl (C=O) groups is 1. The van der Waals surface area contributed by atoms with Crippen molar-refractivity contribution < 1.29 is 4.79 Å². The number of fused-ring (bicyclic) bond motifs is 1. The largest absolute Gasteiger partial charge is 0.384 e. The molecule has 0 aromatic heterocycles. The van der Waals surface area contributed by atoms with Crippen molar-refractivity contribution in [1.29, 1.82) is 0 Å². The summed E-state index contributed by atoms with van der Waals surface area (Å²) in [5, 5.41) is 6.17. The Balaban J connectivity index is 1.84. The lowest BCUT2D eigenvalue weighted by atomic mass is 10.1. The lowest BCUT2D eigenvalue weighted by molar-refractivity contribution is 0.0956. The fourth-order valence-electron chi connectivity index (χ4n) is 1.90. The SMILES string of the molecule is C#CCSCCNC(=O)c1ccc2c(c1)NCC2. The first-order chi connectivity index (χ1) is 8.81.